The van der Waals surface area contributed by atoms with Gasteiger partial charge in [0, 0.05) is 36.3 Å². The molecular formula is C17H15FN2O. The molecule has 0 bridgehead atoms. The van der Waals surface area contributed by atoms with Crippen molar-refractivity contribution in [2.24, 2.45) is 7.05 Å². The number of nitrogens with zero attached hydrogens (tertiary/aromatic N) is 1. The summed E-state index contributed by atoms with van der Waals surface area (Å²) >= 11 is 0. The Balaban J connectivity index is 1.73. The van der Waals surface area contributed by atoms with Crippen LogP contribution in [0.15, 0.2) is 54.7 Å². The number of nitrogens with one attached hydrogen (secondary N) is 1. The van der Waals surface area contributed by atoms with E-state index >= 15 is 0 Å². The summed E-state index contributed by atoms with van der Waals surface area (Å²) in [4.78, 5) is 12.1. The van der Waals surface area contributed by atoms with Gasteiger partial charge >= 0.3 is 0 Å². The maximum atomic E-state index is 12.8. The maximum absolute atomic E-state index is 12.8. The van der Waals surface area contributed by atoms with Crippen molar-refractivity contribution in [2.45, 2.75) is 6.54 Å². The Kier molecular flexibility index (Phi) is 3.44. The first-order valence-electron chi connectivity index (χ1n) is 6.71. The van der Waals surface area contributed by atoms with Crippen molar-refractivity contribution in [3.8, 4) is 0 Å². The van der Waals surface area contributed by atoms with Crippen LogP contribution in [-0.2, 0) is 13.6 Å². The molecule has 3 rings (SSSR count). The summed E-state index contributed by atoms with van der Waals surface area (Å²) in [5, 5.41) is 3.87. The molecule has 0 saturated heterocycles. The topological polar surface area (TPSA) is 34.0 Å². The normalized spacial score (nSPS) is 10.8. The average Bonchev–Trinajstić information content (AvgIpc) is 2.87. The minimum Gasteiger partial charge on any atom is -0.351 e. The van der Waals surface area contributed by atoms with E-state index in [4.69, 9.17) is 0 Å². The van der Waals surface area contributed by atoms with Gasteiger partial charge in [0.2, 0.25) is 0 Å². The standard InChI is InChI=1S/C17H15FN2O/c1-20-9-8-13-10-14(4-7-16(13)20)17(21)19-11-12-2-5-15(18)6-3-12/h2-10H,11H2,1H3,(H,19,21). The van der Waals surface area contributed by atoms with Crippen LogP contribution >= 0.6 is 0 Å². The molecule has 4 heteroatoms. The minimum atomic E-state index is -0.278. The van der Waals surface area contributed by atoms with Crippen molar-refractivity contribution < 1.29 is 9.18 Å². The highest BCUT2D eigenvalue weighted by Gasteiger charge is 2.07. The molecule has 106 valence electrons. The fourth-order valence-corrected chi connectivity index (χ4v) is 2.31. The molecule has 0 radical (unpaired) electrons. The molecule has 0 aliphatic rings. The van der Waals surface area contributed by atoms with Crippen molar-refractivity contribution >= 4 is 16.8 Å². The molecule has 21 heavy (non-hydrogen) atoms. The van der Waals surface area contributed by atoms with Crippen molar-refractivity contribution in [3.05, 3.63) is 71.7 Å². The fraction of sp³-hybridized carbons (Fsp3) is 0.118. The summed E-state index contributed by atoms with van der Waals surface area (Å²) < 4.78 is 14.8. The van der Waals surface area contributed by atoms with Crippen LogP contribution in [0.4, 0.5) is 4.39 Å². The number of aromatic nitrogens is 1. The molecule has 2 aromatic carbocycles. The van der Waals surface area contributed by atoms with Crippen molar-refractivity contribution in [1.82, 2.24) is 9.88 Å². The molecule has 0 aliphatic heterocycles. The lowest BCUT2D eigenvalue weighted by molar-refractivity contribution is 0.0951. The third-order valence-electron chi connectivity index (χ3n) is 3.51. The second-order valence-corrected chi connectivity index (χ2v) is 5.01. The van der Waals surface area contributed by atoms with E-state index in [1.807, 2.05) is 42.1 Å². The molecule has 0 saturated carbocycles. The molecule has 1 amide bonds. The quantitative estimate of drug-likeness (QED) is 0.786. The monoisotopic (exact) mass is 282 g/mol. The smallest absolute Gasteiger partial charge is 0.251 e. The summed E-state index contributed by atoms with van der Waals surface area (Å²) in [5.74, 6) is -0.412. The Morgan fingerprint density at radius 3 is 2.67 bits per heavy atom. The lowest BCUT2D eigenvalue weighted by atomic mass is 10.1. The third-order valence-corrected chi connectivity index (χ3v) is 3.51. The molecule has 1 N–H and O–H groups in total. The largest absolute Gasteiger partial charge is 0.351 e. The van der Waals surface area contributed by atoms with Crippen molar-refractivity contribution in [2.75, 3.05) is 0 Å². The Bertz CT molecular complexity index is 790. The van der Waals surface area contributed by atoms with Crippen LogP contribution in [0.5, 0.6) is 0 Å². The van der Waals surface area contributed by atoms with Crippen LogP contribution in [0.1, 0.15) is 15.9 Å². The Morgan fingerprint density at radius 2 is 1.90 bits per heavy atom. The van der Waals surface area contributed by atoms with Crippen LogP contribution in [0.3, 0.4) is 0 Å². The molecule has 0 aliphatic carbocycles. The molecule has 0 atom stereocenters. The van der Waals surface area contributed by atoms with Gasteiger partial charge in [-0.05, 0) is 42.0 Å². The number of carbonyl (C=O) groups is 1. The van der Waals surface area contributed by atoms with Crippen molar-refractivity contribution in [1.29, 1.82) is 0 Å². The zero-order chi connectivity index (χ0) is 14.8. The van der Waals surface area contributed by atoms with E-state index in [9.17, 15) is 9.18 Å². The number of hydrogen-bond acceptors (Lipinski definition) is 1. The van der Waals surface area contributed by atoms with Crippen LogP contribution in [0.25, 0.3) is 10.9 Å². The first-order valence-corrected chi connectivity index (χ1v) is 6.71. The number of amides is 1. The first-order chi connectivity index (χ1) is 10.1. The van der Waals surface area contributed by atoms with Gasteiger partial charge in [0.1, 0.15) is 5.82 Å². The molecule has 3 nitrogen and oxygen atoms in total. The van der Waals surface area contributed by atoms with Crippen molar-refractivity contribution in [3.63, 3.8) is 0 Å². The molecule has 0 fully saturated rings. The Labute approximate surface area is 122 Å². The zero-order valence-electron chi connectivity index (χ0n) is 11.6. The summed E-state index contributed by atoms with van der Waals surface area (Å²) in [6.07, 6.45) is 1.96. The number of carbonyl (C=O) groups excluding carboxylic acids is 1. The number of rotatable bonds is 3. The lowest BCUT2D eigenvalue weighted by Gasteiger charge is -2.06. The van der Waals surface area contributed by atoms with Gasteiger partial charge in [0.25, 0.3) is 5.91 Å². The van der Waals surface area contributed by atoms with E-state index in [-0.39, 0.29) is 11.7 Å². The fourth-order valence-electron chi connectivity index (χ4n) is 2.31. The predicted molar refractivity (Wildman–Crippen MR) is 80.5 cm³/mol. The van der Waals surface area contributed by atoms with E-state index in [1.165, 1.54) is 12.1 Å². The van der Waals surface area contributed by atoms with Gasteiger partial charge < -0.3 is 9.88 Å². The minimum absolute atomic E-state index is 0.134. The summed E-state index contributed by atoms with van der Waals surface area (Å²) in [5.41, 5.74) is 2.58. The summed E-state index contributed by atoms with van der Waals surface area (Å²) in [6.45, 7) is 0.381. The van der Waals surface area contributed by atoms with Gasteiger partial charge in [-0.2, -0.15) is 0 Å². The van der Waals surface area contributed by atoms with E-state index < -0.39 is 0 Å². The maximum Gasteiger partial charge on any atom is 0.251 e. The highest BCUT2D eigenvalue weighted by atomic mass is 19.1. The van der Waals surface area contributed by atoms with Crippen LogP contribution in [0, 0.1) is 5.82 Å². The van der Waals surface area contributed by atoms with E-state index in [2.05, 4.69) is 5.32 Å². The highest BCUT2D eigenvalue weighted by Crippen LogP contribution is 2.16. The van der Waals surface area contributed by atoms with Crippen LogP contribution in [-0.4, -0.2) is 10.5 Å². The molecular weight excluding hydrogens is 267 g/mol. The SMILES string of the molecule is Cn1ccc2cc(C(=O)NCc3ccc(F)cc3)ccc21. The summed E-state index contributed by atoms with van der Waals surface area (Å²) in [6, 6.07) is 13.7. The lowest BCUT2D eigenvalue weighted by Crippen LogP contribution is -2.22. The second-order valence-electron chi connectivity index (χ2n) is 5.01. The molecule has 0 unspecified atom stereocenters. The van der Waals surface area contributed by atoms with Gasteiger partial charge in [-0.25, -0.2) is 4.39 Å². The van der Waals surface area contributed by atoms with Gasteiger partial charge in [-0.3, -0.25) is 4.79 Å². The number of aryl methyl sites for hydroxylation is 1. The average molecular weight is 282 g/mol. The van der Waals surface area contributed by atoms with Gasteiger partial charge in [0.05, 0.1) is 0 Å². The predicted octanol–water partition coefficient (Wildman–Crippen LogP) is 3.25. The number of halogens is 1. The number of fused-ring (bicyclic) bond motifs is 1. The van der Waals surface area contributed by atoms with Gasteiger partial charge in [-0.15, -0.1) is 0 Å². The Hall–Kier alpha value is -2.62. The summed E-state index contributed by atoms with van der Waals surface area (Å²) in [7, 11) is 1.97. The third kappa shape index (κ3) is 2.79. The van der Waals surface area contributed by atoms with Gasteiger partial charge in [-0.1, -0.05) is 12.1 Å². The van der Waals surface area contributed by atoms with E-state index in [0.717, 1.165) is 16.5 Å². The van der Waals surface area contributed by atoms with Gasteiger partial charge in [0.15, 0.2) is 0 Å². The molecule has 1 heterocycles. The second kappa shape index (κ2) is 5.40. The molecule has 3 aromatic rings. The molecule has 0 spiro atoms. The first kappa shape index (κ1) is 13.4. The number of hydrogen-bond donors (Lipinski definition) is 1. The Morgan fingerprint density at radius 1 is 1.14 bits per heavy atom. The zero-order valence-corrected chi connectivity index (χ0v) is 11.6. The van der Waals surface area contributed by atoms with Crippen LogP contribution < -0.4 is 5.32 Å². The van der Waals surface area contributed by atoms with Crippen LogP contribution in [0.2, 0.25) is 0 Å². The highest BCUT2D eigenvalue weighted by molar-refractivity contribution is 5.98. The van der Waals surface area contributed by atoms with E-state index in [1.54, 1.807) is 12.1 Å². The number of benzene rings is 2. The molecule has 1 aromatic heterocycles. The van der Waals surface area contributed by atoms with E-state index in [0.29, 0.717) is 12.1 Å².